The molecule has 2 heterocycles. The lowest BCUT2D eigenvalue weighted by Crippen LogP contribution is -2.41. The summed E-state index contributed by atoms with van der Waals surface area (Å²) in [5.74, 6) is -1.73. The number of benzene rings is 2. The molecule has 0 spiro atoms. The quantitative estimate of drug-likeness (QED) is 0.469. The van der Waals surface area contributed by atoms with Crippen LogP contribution in [0.4, 0.5) is 10.1 Å². The van der Waals surface area contributed by atoms with Crippen molar-refractivity contribution >= 4 is 60.5 Å². The Labute approximate surface area is 211 Å². The standard InChI is InChI=1S/C23H20ClFN2O5S3/c1-34(29,30)22-17(15-5-3-2-4-6-15)8-9-19(21(22)25)27-13-11-18(23(27)28)26-35(31,32)14-12-16-7-10-20(24)33-16/h2-10,12,14,18,26H,11,13H2,1H3/b14-12+/t18-/m0/s1. The lowest BCUT2D eigenvalue weighted by atomic mass is 10.0. The van der Waals surface area contributed by atoms with E-state index in [1.807, 2.05) is 0 Å². The molecule has 0 radical (unpaired) electrons. The summed E-state index contributed by atoms with van der Waals surface area (Å²) in [6.07, 6.45) is 2.35. The van der Waals surface area contributed by atoms with E-state index in [1.54, 1.807) is 42.5 Å². The number of nitrogens with zero attached hydrogens (tertiary/aromatic N) is 1. The van der Waals surface area contributed by atoms with Gasteiger partial charge in [-0.3, -0.25) is 4.79 Å². The average Bonchev–Trinajstić information content (AvgIpc) is 3.37. The molecule has 4 rings (SSSR count). The van der Waals surface area contributed by atoms with E-state index in [2.05, 4.69) is 4.72 Å². The molecule has 184 valence electrons. The lowest BCUT2D eigenvalue weighted by Gasteiger charge is -2.20. The van der Waals surface area contributed by atoms with Gasteiger partial charge in [0.05, 0.1) is 10.0 Å². The molecular weight excluding hydrogens is 535 g/mol. The zero-order chi connectivity index (χ0) is 25.4. The van der Waals surface area contributed by atoms with E-state index in [9.17, 15) is 21.6 Å². The molecule has 0 aliphatic carbocycles. The molecule has 1 N–H and O–H groups in total. The molecule has 1 fully saturated rings. The van der Waals surface area contributed by atoms with Crippen LogP contribution < -0.4 is 9.62 Å². The van der Waals surface area contributed by atoms with Gasteiger partial charge in [-0.1, -0.05) is 48.0 Å². The van der Waals surface area contributed by atoms with E-state index in [0.29, 0.717) is 14.8 Å². The number of amides is 1. The Balaban J connectivity index is 1.61. The van der Waals surface area contributed by atoms with Crippen LogP contribution in [0.1, 0.15) is 11.3 Å². The molecule has 1 amide bonds. The average molecular weight is 555 g/mol. The molecule has 1 atom stereocenters. The zero-order valence-electron chi connectivity index (χ0n) is 18.3. The molecule has 12 heteroatoms. The first kappa shape index (κ1) is 25.5. The summed E-state index contributed by atoms with van der Waals surface area (Å²) < 4.78 is 68.3. The number of nitrogens with one attached hydrogen (secondary N) is 1. The van der Waals surface area contributed by atoms with Gasteiger partial charge in [0.2, 0.25) is 15.9 Å². The summed E-state index contributed by atoms with van der Waals surface area (Å²) >= 11 is 7.03. The maximum atomic E-state index is 15.6. The molecule has 7 nitrogen and oxygen atoms in total. The molecule has 2 aromatic carbocycles. The summed E-state index contributed by atoms with van der Waals surface area (Å²) in [7, 11) is -7.98. The van der Waals surface area contributed by atoms with Gasteiger partial charge in [0.25, 0.3) is 0 Å². The van der Waals surface area contributed by atoms with Crippen molar-refractivity contribution in [2.45, 2.75) is 17.4 Å². The number of carbonyl (C=O) groups excluding carboxylic acids is 1. The summed E-state index contributed by atoms with van der Waals surface area (Å²) in [4.78, 5) is 14.1. The maximum absolute atomic E-state index is 15.6. The van der Waals surface area contributed by atoms with E-state index in [4.69, 9.17) is 11.6 Å². The third-order valence-electron chi connectivity index (χ3n) is 5.34. The van der Waals surface area contributed by atoms with Crippen molar-refractivity contribution < 1.29 is 26.0 Å². The Kier molecular flexibility index (Phi) is 7.16. The molecule has 0 bridgehead atoms. The Hall–Kier alpha value is -2.57. The van der Waals surface area contributed by atoms with Crippen molar-refractivity contribution in [1.82, 2.24) is 4.72 Å². The molecule has 0 unspecified atom stereocenters. The van der Waals surface area contributed by atoms with Gasteiger partial charge in [0, 0.05) is 28.6 Å². The molecule has 1 aliphatic heterocycles. The fourth-order valence-electron chi connectivity index (χ4n) is 3.80. The Morgan fingerprint density at radius 3 is 2.43 bits per heavy atom. The topological polar surface area (TPSA) is 101 Å². The highest BCUT2D eigenvalue weighted by Crippen LogP contribution is 2.36. The van der Waals surface area contributed by atoms with Gasteiger partial charge in [-0.05, 0) is 36.3 Å². The highest BCUT2D eigenvalue weighted by Gasteiger charge is 2.37. The minimum Gasteiger partial charge on any atom is -0.308 e. The third kappa shape index (κ3) is 5.65. The Morgan fingerprint density at radius 1 is 1.09 bits per heavy atom. The predicted molar refractivity (Wildman–Crippen MR) is 136 cm³/mol. The molecule has 1 aliphatic rings. The second-order valence-corrected chi connectivity index (χ2v) is 13.1. The Morgan fingerprint density at radius 2 is 1.80 bits per heavy atom. The van der Waals surface area contributed by atoms with Crippen LogP contribution in [0.15, 0.2) is 64.9 Å². The molecule has 0 saturated carbocycles. The first-order valence-corrected chi connectivity index (χ1v) is 14.9. The van der Waals surface area contributed by atoms with Crippen molar-refractivity contribution in [3.05, 3.63) is 75.0 Å². The van der Waals surface area contributed by atoms with Crippen LogP contribution in [0.5, 0.6) is 0 Å². The van der Waals surface area contributed by atoms with Crippen LogP contribution in [0.25, 0.3) is 17.2 Å². The SMILES string of the molecule is CS(=O)(=O)c1c(-c2ccccc2)ccc(N2CC[C@H](NS(=O)(=O)/C=C/c3ccc(Cl)s3)C2=O)c1F. The first-order valence-electron chi connectivity index (χ1n) is 10.3. The summed E-state index contributed by atoms with van der Waals surface area (Å²) in [6, 6.07) is 13.4. The van der Waals surface area contributed by atoms with E-state index in [0.717, 1.165) is 16.6 Å². The van der Waals surface area contributed by atoms with E-state index >= 15 is 4.39 Å². The lowest BCUT2D eigenvalue weighted by molar-refractivity contribution is -0.118. The van der Waals surface area contributed by atoms with Gasteiger partial charge in [-0.25, -0.2) is 21.2 Å². The number of rotatable bonds is 7. The second-order valence-electron chi connectivity index (χ2n) is 7.85. The van der Waals surface area contributed by atoms with Gasteiger partial charge in [-0.2, -0.15) is 4.72 Å². The zero-order valence-corrected chi connectivity index (χ0v) is 21.5. The third-order valence-corrected chi connectivity index (χ3v) is 8.79. The maximum Gasteiger partial charge on any atom is 0.245 e. The monoisotopic (exact) mass is 554 g/mol. The molecule has 35 heavy (non-hydrogen) atoms. The van der Waals surface area contributed by atoms with Crippen molar-refractivity contribution in [2.24, 2.45) is 0 Å². The summed E-state index contributed by atoms with van der Waals surface area (Å²) in [6.45, 7) is 0.0150. The van der Waals surface area contributed by atoms with Crippen LogP contribution in [-0.4, -0.2) is 41.6 Å². The normalized spacial score (nSPS) is 16.9. The molecule has 1 aromatic heterocycles. The largest absolute Gasteiger partial charge is 0.308 e. The van der Waals surface area contributed by atoms with Crippen molar-refractivity contribution in [2.75, 3.05) is 17.7 Å². The van der Waals surface area contributed by atoms with Crippen LogP contribution in [-0.2, 0) is 24.7 Å². The number of anilines is 1. The van der Waals surface area contributed by atoms with Crippen molar-refractivity contribution in [1.29, 1.82) is 0 Å². The van der Waals surface area contributed by atoms with E-state index in [-0.39, 0.29) is 24.2 Å². The predicted octanol–water partition coefficient (Wildman–Crippen LogP) is 4.31. The van der Waals surface area contributed by atoms with Gasteiger partial charge in [0.15, 0.2) is 15.7 Å². The van der Waals surface area contributed by atoms with E-state index in [1.165, 1.54) is 29.5 Å². The van der Waals surface area contributed by atoms with Gasteiger partial charge in [-0.15, -0.1) is 11.3 Å². The fraction of sp³-hybridized carbons (Fsp3) is 0.174. The highest BCUT2D eigenvalue weighted by atomic mass is 35.5. The number of sulfonamides is 1. The van der Waals surface area contributed by atoms with Crippen LogP contribution in [0, 0.1) is 5.82 Å². The van der Waals surface area contributed by atoms with Crippen LogP contribution in [0.2, 0.25) is 4.34 Å². The number of halogens is 2. The molecule has 1 saturated heterocycles. The smallest absolute Gasteiger partial charge is 0.245 e. The number of hydrogen-bond acceptors (Lipinski definition) is 6. The van der Waals surface area contributed by atoms with Crippen molar-refractivity contribution in [3.8, 4) is 11.1 Å². The van der Waals surface area contributed by atoms with Crippen molar-refractivity contribution in [3.63, 3.8) is 0 Å². The second kappa shape index (κ2) is 9.82. The first-order chi connectivity index (χ1) is 16.5. The molecule has 3 aromatic rings. The number of carbonyl (C=O) groups is 1. The van der Waals surface area contributed by atoms with Gasteiger partial charge >= 0.3 is 0 Å². The van der Waals surface area contributed by atoms with Crippen LogP contribution >= 0.6 is 22.9 Å². The summed E-state index contributed by atoms with van der Waals surface area (Å²) in [5.41, 5.74) is 0.466. The molecular formula is C23H20ClFN2O5S3. The highest BCUT2D eigenvalue weighted by molar-refractivity contribution is 7.92. The number of hydrogen-bond donors (Lipinski definition) is 1. The minimum atomic E-state index is -4.00. The van der Waals surface area contributed by atoms with E-state index < -0.39 is 42.5 Å². The fourth-order valence-corrected chi connectivity index (χ4v) is 6.89. The van der Waals surface area contributed by atoms with Gasteiger partial charge < -0.3 is 4.90 Å². The minimum absolute atomic E-state index is 0.0150. The number of thiophene rings is 1. The van der Waals surface area contributed by atoms with Gasteiger partial charge in [0.1, 0.15) is 10.9 Å². The van der Waals surface area contributed by atoms with Crippen LogP contribution in [0.3, 0.4) is 0 Å². The summed E-state index contributed by atoms with van der Waals surface area (Å²) in [5, 5.41) is 0.933. The number of sulfone groups is 1. The Bertz CT molecular complexity index is 1520.